The molecule has 12 heteroatoms. The molecule has 0 aliphatic heterocycles. The van der Waals surface area contributed by atoms with Crippen LogP contribution < -0.4 is 10.6 Å². The number of carbonyl (C=O) groups excluding carboxylic acids is 1. The van der Waals surface area contributed by atoms with Crippen LogP contribution in [0.4, 0.5) is 10.2 Å². The maximum atomic E-state index is 14.2. The average Bonchev–Trinajstić information content (AvgIpc) is 3.05. The van der Waals surface area contributed by atoms with Crippen molar-refractivity contribution >= 4 is 44.2 Å². The first-order valence-corrected chi connectivity index (χ1v) is 11.0. The zero-order chi connectivity index (χ0) is 21.2. The average molecular weight is 441 g/mol. The van der Waals surface area contributed by atoms with Gasteiger partial charge in [-0.1, -0.05) is 11.6 Å². The van der Waals surface area contributed by atoms with Crippen LogP contribution in [0.1, 0.15) is 6.92 Å². The first-order chi connectivity index (χ1) is 13.6. The second-order valence-corrected chi connectivity index (χ2v) is 9.13. The fourth-order valence-electron chi connectivity index (χ4n) is 2.54. The lowest BCUT2D eigenvalue weighted by molar-refractivity contribution is -0.121. The van der Waals surface area contributed by atoms with Gasteiger partial charge in [0.2, 0.25) is 5.91 Å². The number of fused-ring (bicyclic) bond motifs is 1. The van der Waals surface area contributed by atoms with Crippen molar-refractivity contribution in [2.24, 2.45) is 0 Å². The molecule has 0 radical (unpaired) electrons. The van der Waals surface area contributed by atoms with Gasteiger partial charge in [0.25, 0.3) is 0 Å². The van der Waals surface area contributed by atoms with Gasteiger partial charge in [-0.3, -0.25) is 4.79 Å². The summed E-state index contributed by atoms with van der Waals surface area (Å²) in [5, 5.41) is 6.25. The second-order valence-electron chi connectivity index (χ2n) is 6.43. The molecule has 0 unspecified atom stereocenters. The molecular weight excluding hydrogens is 423 g/mol. The number of amides is 1. The van der Waals surface area contributed by atoms with Crippen LogP contribution in [-0.4, -0.2) is 58.9 Å². The van der Waals surface area contributed by atoms with Gasteiger partial charge in [0.1, 0.15) is 21.5 Å². The number of nitrogens with zero attached hydrogens (tertiary/aromatic N) is 3. The topological polar surface area (TPSA) is 130 Å². The summed E-state index contributed by atoms with van der Waals surface area (Å²) in [5.74, 6) is -1.36. The number of H-pyrrole nitrogens is 1. The first-order valence-electron chi connectivity index (χ1n) is 8.51. The van der Waals surface area contributed by atoms with E-state index in [9.17, 15) is 17.6 Å². The molecule has 3 rings (SSSR count). The molecule has 9 nitrogen and oxygen atoms in total. The third kappa shape index (κ3) is 5.18. The predicted molar refractivity (Wildman–Crippen MR) is 108 cm³/mol. The summed E-state index contributed by atoms with van der Waals surface area (Å²) in [6, 6.07) is 0.832. The third-order valence-electron chi connectivity index (χ3n) is 4.00. The highest BCUT2D eigenvalue weighted by Crippen LogP contribution is 2.28. The molecule has 0 spiro atoms. The Hall–Kier alpha value is -2.79. The smallest absolute Gasteiger partial charge is 0.242 e. The van der Waals surface area contributed by atoms with Crippen LogP contribution in [0.3, 0.4) is 0 Å². The molecule has 1 atom stereocenters. The molecule has 0 bridgehead atoms. The summed E-state index contributed by atoms with van der Waals surface area (Å²) in [5.41, 5.74) is 1.15. The molecule has 0 saturated heterocycles. The highest BCUT2D eigenvalue weighted by molar-refractivity contribution is 7.90. The van der Waals surface area contributed by atoms with Crippen LogP contribution in [-0.2, 0) is 14.6 Å². The number of hydrogen-bond donors (Lipinski definition) is 3. The van der Waals surface area contributed by atoms with Crippen molar-refractivity contribution in [1.29, 1.82) is 0 Å². The number of aromatic amines is 1. The molecule has 0 aliphatic rings. The minimum Gasteiger partial charge on any atom is -0.356 e. The van der Waals surface area contributed by atoms with Crippen molar-refractivity contribution in [3.63, 3.8) is 0 Å². The lowest BCUT2D eigenvalue weighted by atomic mass is 10.2. The maximum absolute atomic E-state index is 14.2. The largest absolute Gasteiger partial charge is 0.356 e. The zero-order valence-corrected chi connectivity index (χ0v) is 17.1. The van der Waals surface area contributed by atoms with Crippen LogP contribution in [0.2, 0.25) is 5.02 Å². The number of pyridine rings is 1. The van der Waals surface area contributed by atoms with E-state index in [1.165, 1.54) is 13.1 Å². The van der Waals surface area contributed by atoms with Gasteiger partial charge in [0.05, 0.1) is 17.0 Å². The van der Waals surface area contributed by atoms with Gasteiger partial charge in [-0.2, -0.15) is 0 Å². The Kier molecular flexibility index (Phi) is 5.99. The number of aromatic nitrogens is 4. The van der Waals surface area contributed by atoms with E-state index in [-0.39, 0.29) is 23.9 Å². The van der Waals surface area contributed by atoms with Crippen LogP contribution in [0, 0.1) is 5.82 Å². The van der Waals surface area contributed by atoms with E-state index in [4.69, 9.17) is 11.6 Å². The minimum atomic E-state index is -3.20. The van der Waals surface area contributed by atoms with Crippen molar-refractivity contribution in [2.45, 2.75) is 13.0 Å². The van der Waals surface area contributed by atoms with Gasteiger partial charge in [-0.25, -0.2) is 27.8 Å². The van der Waals surface area contributed by atoms with Gasteiger partial charge >= 0.3 is 0 Å². The van der Waals surface area contributed by atoms with E-state index >= 15 is 0 Å². The van der Waals surface area contributed by atoms with Crippen molar-refractivity contribution in [2.75, 3.05) is 23.9 Å². The van der Waals surface area contributed by atoms with Gasteiger partial charge in [0, 0.05) is 36.1 Å². The molecule has 3 heterocycles. The quantitative estimate of drug-likeness (QED) is 0.510. The number of anilines is 1. The lowest BCUT2D eigenvalue weighted by Gasteiger charge is -2.15. The number of rotatable bonds is 7. The molecule has 0 aliphatic carbocycles. The van der Waals surface area contributed by atoms with E-state index in [1.807, 2.05) is 0 Å². The first kappa shape index (κ1) is 20.9. The number of nitrogens with one attached hydrogen (secondary N) is 3. The van der Waals surface area contributed by atoms with Crippen LogP contribution >= 0.6 is 11.6 Å². The van der Waals surface area contributed by atoms with Crippen LogP contribution in [0.15, 0.2) is 24.7 Å². The minimum absolute atomic E-state index is 0.0374. The van der Waals surface area contributed by atoms with Crippen molar-refractivity contribution in [3.8, 4) is 11.4 Å². The Morgan fingerprint density at radius 2 is 2.10 bits per heavy atom. The molecule has 3 N–H and O–H groups in total. The monoisotopic (exact) mass is 440 g/mol. The fourth-order valence-corrected chi connectivity index (χ4v) is 3.18. The van der Waals surface area contributed by atoms with Crippen LogP contribution in [0.5, 0.6) is 0 Å². The molecule has 0 saturated carbocycles. The van der Waals surface area contributed by atoms with Gasteiger partial charge in [-0.05, 0) is 13.0 Å². The van der Waals surface area contributed by atoms with Crippen molar-refractivity contribution in [1.82, 2.24) is 25.3 Å². The van der Waals surface area contributed by atoms with Gasteiger partial charge in [0.15, 0.2) is 17.5 Å². The van der Waals surface area contributed by atoms with Gasteiger partial charge in [-0.15, -0.1) is 0 Å². The summed E-state index contributed by atoms with van der Waals surface area (Å²) in [7, 11) is -3.20. The van der Waals surface area contributed by atoms with E-state index < -0.39 is 27.6 Å². The predicted octanol–water partition coefficient (Wildman–Crippen LogP) is 1.77. The number of halogens is 2. The Morgan fingerprint density at radius 3 is 2.83 bits per heavy atom. The maximum Gasteiger partial charge on any atom is 0.242 e. The SMILES string of the molecule is C[C@H](Nc1nc(-c2c[nH]c3ncc(Cl)cc23)ncc1F)C(=O)NCCS(C)(=O)=O. The second kappa shape index (κ2) is 8.29. The molecule has 3 aromatic heterocycles. The Bertz CT molecular complexity index is 1170. The molecule has 29 heavy (non-hydrogen) atoms. The zero-order valence-electron chi connectivity index (χ0n) is 15.5. The molecule has 1 amide bonds. The van der Waals surface area contributed by atoms with E-state index in [0.717, 1.165) is 12.5 Å². The van der Waals surface area contributed by atoms with E-state index in [2.05, 4.69) is 30.6 Å². The standard InChI is InChI=1S/C17H18ClFN6O3S/c1-9(17(26)20-3-4-29(2,27)28)24-16-13(19)8-23-15(25-16)12-7-22-14-11(12)5-10(18)6-21-14/h5-9H,3-4H2,1-2H3,(H,20,26)(H,21,22)(H,23,24,25)/t9-/m0/s1. The summed E-state index contributed by atoms with van der Waals surface area (Å²) in [6.07, 6.45) is 5.20. The third-order valence-corrected chi connectivity index (χ3v) is 5.15. The molecule has 0 aromatic carbocycles. The number of carbonyl (C=O) groups is 1. The summed E-state index contributed by atoms with van der Waals surface area (Å²) >= 11 is 5.99. The van der Waals surface area contributed by atoms with Crippen LogP contribution in [0.25, 0.3) is 22.4 Å². The Labute approximate surface area is 171 Å². The van der Waals surface area contributed by atoms with Crippen molar-refractivity contribution < 1.29 is 17.6 Å². The molecule has 154 valence electrons. The normalized spacial score (nSPS) is 12.7. The summed E-state index contributed by atoms with van der Waals surface area (Å²) in [4.78, 5) is 27.4. The van der Waals surface area contributed by atoms with E-state index in [1.54, 1.807) is 12.3 Å². The highest BCUT2D eigenvalue weighted by Gasteiger charge is 2.18. The molecule has 0 fully saturated rings. The van der Waals surface area contributed by atoms with Gasteiger partial charge < -0.3 is 15.6 Å². The number of hydrogen-bond acceptors (Lipinski definition) is 7. The Morgan fingerprint density at radius 1 is 1.34 bits per heavy atom. The molecule has 3 aromatic rings. The number of sulfone groups is 1. The lowest BCUT2D eigenvalue weighted by Crippen LogP contribution is -2.40. The van der Waals surface area contributed by atoms with E-state index in [0.29, 0.717) is 21.6 Å². The summed E-state index contributed by atoms with van der Waals surface area (Å²) in [6.45, 7) is 1.47. The Balaban J connectivity index is 1.78. The molecular formula is C17H18ClFN6O3S. The summed E-state index contributed by atoms with van der Waals surface area (Å²) < 4.78 is 36.4. The highest BCUT2D eigenvalue weighted by atomic mass is 35.5. The van der Waals surface area contributed by atoms with Crippen molar-refractivity contribution in [3.05, 3.63) is 35.5 Å². The fraction of sp³-hybridized carbons (Fsp3) is 0.294.